The maximum Gasteiger partial charge on any atom is 0.356 e. The summed E-state index contributed by atoms with van der Waals surface area (Å²) in [6, 6.07) is 3.45. The van der Waals surface area contributed by atoms with Crippen LogP contribution in [0.15, 0.2) is 24.5 Å². The van der Waals surface area contributed by atoms with E-state index in [0.29, 0.717) is 5.69 Å². The smallest absolute Gasteiger partial charge is 0.356 e. The van der Waals surface area contributed by atoms with E-state index in [4.69, 9.17) is 0 Å². The molecule has 2 heterocycles. The first-order valence-electron chi connectivity index (χ1n) is 4.77. The van der Waals surface area contributed by atoms with Crippen molar-refractivity contribution in [1.82, 2.24) is 15.2 Å². The number of aryl methyl sites for hydroxylation is 1. The molecule has 82 valence electrons. The van der Waals surface area contributed by atoms with Crippen LogP contribution in [0.3, 0.4) is 0 Å². The molecule has 0 aliphatic heterocycles. The van der Waals surface area contributed by atoms with Crippen LogP contribution in [-0.2, 0) is 4.74 Å². The summed E-state index contributed by atoms with van der Waals surface area (Å²) in [6.45, 7) is 1.93. The van der Waals surface area contributed by atoms with Crippen LogP contribution in [0.1, 0.15) is 16.2 Å². The second-order valence-electron chi connectivity index (χ2n) is 3.33. The number of pyridine rings is 1. The molecule has 1 N–H and O–H groups in total. The van der Waals surface area contributed by atoms with Crippen LogP contribution in [0.5, 0.6) is 0 Å². The molecule has 0 spiro atoms. The highest BCUT2D eigenvalue weighted by Gasteiger charge is 2.08. The van der Waals surface area contributed by atoms with Gasteiger partial charge < -0.3 is 4.74 Å². The Hall–Kier alpha value is -2.17. The summed E-state index contributed by atoms with van der Waals surface area (Å²) < 4.78 is 4.57. The molecular weight excluding hydrogens is 206 g/mol. The quantitative estimate of drug-likeness (QED) is 0.775. The molecule has 0 aliphatic carbocycles. The highest BCUT2D eigenvalue weighted by Crippen LogP contribution is 2.20. The molecule has 5 heteroatoms. The number of hydrogen-bond donors (Lipinski definition) is 1. The third-order valence-electron chi connectivity index (χ3n) is 2.30. The molecule has 0 atom stereocenters. The average molecular weight is 217 g/mol. The average Bonchev–Trinajstić information content (AvgIpc) is 2.75. The maximum atomic E-state index is 11.2. The summed E-state index contributed by atoms with van der Waals surface area (Å²) in [7, 11) is 1.33. The van der Waals surface area contributed by atoms with E-state index in [1.165, 1.54) is 7.11 Å². The van der Waals surface area contributed by atoms with Gasteiger partial charge in [0.05, 0.1) is 13.3 Å². The fourth-order valence-corrected chi connectivity index (χ4v) is 1.42. The molecule has 16 heavy (non-hydrogen) atoms. The van der Waals surface area contributed by atoms with Gasteiger partial charge in [0.1, 0.15) is 5.69 Å². The van der Waals surface area contributed by atoms with Gasteiger partial charge in [0.15, 0.2) is 0 Å². The van der Waals surface area contributed by atoms with Crippen LogP contribution >= 0.6 is 0 Å². The van der Waals surface area contributed by atoms with E-state index in [9.17, 15) is 4.79 Å². The first-order valence-corrected chi connectivity index (χ1v) is 4.77. The predicted octanol–water partition coefficient (Wildman–Crippen LogP) is 1.57. The Bertz CT molecular complexity index is 502. The lowest BCUT2D eigenvalue weighted by Crippen LogP contribution is -2.03. The Morgan fingerprint density at radius 2 is 2.19 bits per heavy atom. The number of nitrogens with zero attached hydrogens (tertiary/aromatic N) is 2. The number of ether oxygens (including phenoxy) is 1. The van der Waals surface area contributed by atoms with Gasteiger partial charge in [-0.25, -0.2) is 9.78 Å². The van der Waals surface area contributed by atoms with E-state index in [2.05, 4.69) is 19.9 Å². The van der Waals surface area contributed by atoms with Gasteiger partial charge in [-0.2, -0.15) is 5.10 Å². The summed E-state index contributed by atoms with van der Waals surface area (Å²) in [5, 5.41) is 6.77. The Kier molecular flexibility index (Phi) is 2.68. The molecule has 2 rings (SSSR count). The molecule has 0 aliphatic rings. The van der Waals surface area contributed by atoms with Gasteiger partial charge in [-0.3, -0.25) is 5.10 Å². The fourth-order valence-electron chi connectivity index (χ4n) is 1.42. The van der Waals surface area contributed by atoms with Gasteiger partial charge >= 0.3 is 5.97 Å². The van der Waals surface area contributed by atoms with Crippen LogP contribution in [0.4, 0.5) is 0 Å². The zero-order chi connectivity index (χ0) is 11.5. The number of H-pyrrole nitrogens is 1. The number of rotatable bonds is 2. The lowest BCUT2D eigenvalue weighted by molar-refractivity contribution is 0.0594. The van der Waals surface area contributed by atoms with Crippen molar-refractivity contribution in [2.75, 3.05) is 7.11 Å². The predicted molar refractivity (Wildman–Crippen MR) is 57.9 cm³/mol. The van der Waals surface area contributed by atoms with E-state index in [1.807, 2.05) is 13.0 Å². The number of aromatic nitrogens is 3. The molecule has 0 radical (unpaired) electrons. The van der Waals surface area contributed by atoms with Gasteiger partial charge in [0, 0.05) is 23.0 Å². The van der Waals surface area contributed by atoms with E-state index in [1.54, 1.807) is 18.5 Å². The third-order valence-corrected chi connectivity index (χ3v) is 2.30. The van der Waals surface area contributed by atoms with Crippen LogP contribution in [0.2, 0.25) is 0 Å². The fraction of sp³-hybridized carbons (Fsp3) is 0.182. The van der Waals surface area contributed by atoms with Crippen molar-refractivity contribution in [1.29, 1.82) is 0 Å². The molecule has 2 aromatic heterocycles. The first kappa shape index (κ1) is 10.4. The number of aromatic amines is 1. The number of carbonyl (C=O) groups excluding carboxylic acids is 1. The lowest BCUT2D eigenvalue weighted by atomic mass is 10.1. The minimum absolute atomic E-state index is 0.299. The molecule has 0 aromatic carbocycles. The zero-order valence-electron chi connectivity index (χ0n) is 9.02. The SMILES string of the molecule is COC(=O)c1ccc(-c2cn[nH]c2C)cn1. The van der Waals surface area contributed by atoms with Gasteiger partial charge in [-0.15, -0.1) is 0 Å². The highest BCUT2D eigenvalue weighted by molar-refractivity contribution is 5.87. The van der Waals surface area contributed by atoms with Crippen molar-refractivity contribution >= 4 is 5.97 Å². The van der Waals surface area contributed by atoms with Crippen molar-refractivity contribution < 1.29 is 9.53 Å². The second kappa shape index (κ2) is 4.14. The number of nitrogens with one attached hydrogen (secondary N) is 1. The topological polar surface area (TPSA) is 67.9 Å². The summed E-state index contributed by atoms with van der Waals surface area (Å²) in [4.78, 5) is 15.2. The first-order chi connectivity index (χ1) is 7.72. The minimum atomic E-state index is -0.435. The highest BCUT2D eigenvalue weighted by atomic mass is 16.5. The van der Waals surface area contributed by atoms with E-state index >= 15 is 0 Å². The summed E-state index contributed by atoms with van der Waals surface area (Å²) in [5.74, 6) is -0.435. The summed E-state index contributed by atoms with van der Waals surface area (Å²) >= 11 is 0. The van der Waals surface area contributed by atoms with Crippen molar-refractivity contribution in [2.24, 2.45) is 0 Å². The van der Waals surface area contributed by atoms with Crippen molar-refractivity contribution in [3.8, 4) is 11.1 Å². The Balaban J connectivity index is 2.33. The van der Waals surface area contributed by atoms with Crippen molar-refractivity contribution in [3.05, 3.63) is 35.9 Å². The Labute approximate surface area is 92.5 Å². The molecule has 0 amide bonds. The van der Waals surface area contributed by atoms with Gasteiger partial charge in [0.2, 0.25) is 0 Å². The van der Waals surface area contributed by atoms with Gasteiger partial charge in [0.25, 0.3) is 0 Å². The molecule has 0 unspecified atom stereocenters. The molecular formula is C11H11N3O2. The zero-order valence-corrected chi connectivity index (χ0v) is 9.02. The molecule has 0 bridgehead atoms. The normalized spacial score (nSPS) is 10.1. The monoisotopic (exact) mass is 217 g/mol. The van der Waals surface area contributed by atoms with Crippen LogP contribution in [0.25, 0.3) is 11.1 Å². The number of esters is 1. The van der Waals surface area contributed by atoms with E-state index in [-0.39, 0.29) is 0 Å². The number of carbonyl (C=O) groups is 1. The Morgan fingerprint density at radius 3 is 2.69 bits per heavy atom. The maximum absolute atomic E-state index is 11.2. The summed E-state index contributed by atoms with van der Waals surface area (Å²) in [5.41, 5.74) is 3.16. The standard InChI is InChI=1S/C11H11N3O2/c1-7-9(6-13-14-7)8-3-4-10(12-5-8)11(15)16-2/h3-6H,1-2H3,(H,13,14). The second-order valence-corrected chi connectivity index (χ2v) is 3.33. The summed E-state index contributed by atoms with van der Waals surface area (Å²) in [6.07, 6.45) is 3.36. The molecule has 0 fully saturated rings. The van der Waals surface area contributed by atoms with Crippen LogP contribution in [0, 0.1) is 6.92 Å². The molecule has 0 saturated carbocycles. The lowest BCUT2D eigenvalue weighted by Gasteiger charge is -2.01. The van der Waals surface area contributed by atoms with Crippen LogP contribution < -0.4 is 0 Å². The van der Waals surface area contributed by atoms with Gasteiger partial charge in [-0.1, -0.05) is 6.07 Å². The molecule has 0 saturated heterocycles. The van der Waals surface area contributed by atoms with E-state index in [0.717, 1.165) is 16.8 Å². The number of hydrogen-bond acceptors (Lipinski definition) is 4. The van der Waals surface area contributed by atoms with Gasteiger partial charge in [-0.05, 0) is 13.0 Å². The largest absolute Gasteiger partial charge is 0.464 e. The van der Waals surface area contributed by atoms with Crippen molar-refractivity contribution in [2.45, 2.75) is 6.92 Å². The number of methoxy groups -OCH3 is 1. The van der Waals surface area contributed by atoms with Crippen LogP contribution in [-0.4, -0.2) is 28.3 Å². The van der Waals surface area contributed by atoms with Crippen molar-refractivity contribution in [3.63, 3.8) is 0 Å². The minimum Gasteiger partial charge on any atom is -0.464 e. The molecule has 2 aromatic rings. The van der Waals surface area contributed by atoms with E-state index < -0.39 is 5.97 Å². The molecule has 5 nitrogen and oxygen atoms in total. The third kappa shape index (κ3) is 1.79. The Morgan fingerprint density at radius 1 is 1.38 bits per heavy atom.